The Bertz CT molecular complexity index is 933. The van der Waals surface area contributed by atoms with Gasteiger partial charge < -0.3 is 10.1 Å². The number of alkyl halides is 2. The summed E-state index contributed by atoms with van der Waals surface area (Å²) in [6, 6.07) is 1.33. The van der Waals surface area contributed by atoms with Crippen molar-refractivity contribution in [2.75, 3.05) is 5.32 Å². The highest BCUT2D eigenvalue weighted by Gasteiger charge is 2.62. The molecule has 0 amide bonds. The number of anilines is 2. The fourth-order valence-electron chi connectivity index (χ4n) is 3.37. The minimum Gasteiger partial charge on any atom is -0.417 e. The van der Waals surface area contributed by atoms with E-state index in [2.05, 4.69) is 35.3 Å². The first-order valence-corrected chi connectivity index (χ1v) is 8.07. The number of hydrogen-bond acceptors (Lipinski definition) is 6. The smallest absolute Gasteiger partial charge is 0.388 e. The Labute approximate surface area is 140 Å². The van der Waals surface area contributed by atoms with Crippen LogP contribution in [0.15, 0.2) is 18.5 Å². The van der Waals surface area contributed by atoms with Crippen molar-refractivity contribution in [1.29, 1.82) is 0 Å². The summed E-state index contributed by atoms with van der Waals surface area (Å²) in [4.78, 5) is 8.87. The lowest BCUT2D eigenvalue weighted by molar-refractivity contribution is -0.0528. The van der Waals surface area contributed by atoms with Gasteiger partial charge in [-0.2, -0.15) is 19.0 Å². The minimum absolute atomic E-state index is 0.125. The first-order chi connectivity index (χ1) is 12.1. The average molecular weight is 347 g/mol. The Morgan fingerprint density at radius 3 is 3.00 bits per heavy atom. The molecule has 0 aromatic carbocycles. The zero-order chi connectivity index (χ0) is 17.0. The van der Waals surface area contributed by atoms with Crippen LogP contribution in [0.25, 0.3) is 11.2 Å². The van der Waals surface area contributed by atoms with E-state index in [1.807, 2.05) is 4.68 Å². The molecule has 5 rings (SSSR count). The van der Waals surface area contributed by atoms with Crippen LogP contribution in [0, 0.1) is 11.3 Å². The Hall–Kier alpha value is -2.78. The predicted octanol–water partition coefficient (Wildman–Crippen LogP) is 2.69. The van der Waals surface area contributed by atoms with Gasteiger partial charge in [-0.05, 0) is 30.6 Å². The van der Waals surface area contributed by atoms with Crippen LogP contribution in [-0.2, 0) is 6.54 Å². The summed E-state index contributed by atoms with van der Waals surface area (Å²) in [6.07, 6.45) is 7.20. The normalized spacial score (nSPS) is 20.4. The lowest BCUT2D eigenvalue weighted by Gasteiger charge is -2.04. The van der Waals surface area contributed by atoms with Crippen molar-refractivity contribution in [1.82, 2.24) is 29.9 Å². The number of rotatable bonds is 6. The van der Waals surface area contributed by atoms with Crippen LogP contribution in [0.5, 0.6) is 5.88 Å². The molecule has 2 N–H and O–H groups in total. The fourth-order valence-corrected chi connectivity index (χ4v) is 3.37. The molecular weight excluding hydrogens is 332 g/mol. The highest BCUT2D eigenvalue weighted by Crippen LogP contribution is 2.71. The molecule has 3 aromatic heterocycles. The summed E-state index contributed by atoms with van der Waals surface area (Å²) < 4.78 is 30.5. The number of nitrogens with zero attached hydrogens (tertiary/aromatic N) is 5. The fraction of sp³-hybridized carbons (Fsp3) is 0.467. The molecule has 2 aliphatic carbocycles. The number of hydrogen-bond donors (Lipinski definition) is 2. The average Bonchev–Trinajstić information content (AvgIpc) is 3.39. The predicted molar refractivity (Wildman–Crippen MR) is 83.6 cm³/mol. The zero-order valence-electron chi connectivity index (χ0n) is 13.1. The summed E-state index contributed by atoms with van der Waals surface area (Å²) >= 11 is 0. The summed E-state index contributed by atoms with van der Waals surface area (Å²) in [5, 5.41) is 13.5. The summed E-state index contributed by atoms with van der Waals surface area (Å²) in [5.41, 5.74) is 2.02. The van der Waals surface area contributed by atoms with Gasteiger partial charge in [0.05, 0.1) is 12.4 Å². The van der Waals surface area contributed by atoms with E-state index in [1.165, 1.54) is 25.3 Å². The molecule has 1 spiro atoms. The van der Waals surface area contributed by atoms with Crippen LogP contribution in [0.3, 0.4) is 0 Å². The van der Waals surface area contributed by atoms with Crippen molar-refractivity contribution in [3.05, 3.63) is 18.5 Å². The maximum atomic E-state index is 12.2. The SMILES string of the molecule is FC(F)Oc1cc(Nc2cnc3cnn(CC4CC45CC5)c3n2)n[nH]1. The summed E-state index contributed by atoms with van der Waals surface area (Å²) in [5.74, 6) is 1.34. The Kier molecular flexibility index (Phi) is 2.97. The number of aromatic nitrogens is 6. The number of H-pyrrole nitrogens is 1. The van der Waals surface area contributed by atoms with Crippen LogP contribution in [-0.4, -0.2) is 36.6 Å². The third-order valence-electron chi connectivity index (χ3n) is 5.02. The first-order valence-electron chi connectivity index (χ1n) is 8.07. The maximum Gasteiger partial charge on any atom is 0.388 e. The van der Waals surface area contributed by atoms with Gasteiger partial charge in [0, 0.05) is 12.6 Å². The molecule has 0 aliphatic heterocycles. The van der Waals surface area contributed by atoms with E-state index in [-0.39, 0.29) is 5.88 Å². The second-order valence-electron chi connectivity index (χ2n) is 6.68. The van der Waals surface area contributed by atoms with E-state index in [0.29, 0.717) is 28.6 Å². The number of aromatic amines is 1. The standard InChI is InChI=1S/C15H15F2N7O/c16-14(17)25-12-3-10(22-23-12)20-11-6-18-9-5-19-24(13(9)21-11)7-8-4-15(8)1-2-15/h3,5-6,8,14H,1-2,4,7H2,(H2,20,21,22,23). The molecule has 0 bridgehead atoms. The van der Waals surface area contributed by atoms with Gasteiger partial charge in [-0.1, -0.05) is 0 Å². The topological polar surface area (TPSA) is 93.5 Å². The molecule has 130 valence electrons. The van der Waals surface area contributed by atoms with E-state index in [4.69, 9.17) is 0 Å². The van der Waals surface area contributed by atoms with Crippen molar-refractivity contribution >= 4 is 22.8 Å². The van der Waals surface area contributed by atoms with Crippen LogP contribution in [0.4, 0.5) is 20.4 Å². The third kappa shape index (κ3) is 2.67. The van der Waals surface area contributed by atoms with E-state index in [0.717, 1.165) is 12.1 Å². The maximum absolute atomic E-state index is 12.2. The molecule has 0 saturated heterocycles. The first kappa shape index (κ1) is 14.6. The van der Waals surface area contributed by atoms with Crippen LogP contribution in [0.1, 0.15) is 19.3 Å². The summed E-state index contributed by atoms with van der Waals surface area (Å²) in [6.45, 7) is -2.05. The van der Waals surface area contributed by atoms with Crippen molar-refractivity contribution in [3.63, 3.8) is 0 Å². The van der Waals surface area contributed by atoms with Crippen molar-refractivity contribution in [3.8, 4) is 5.88 Å². The van der Waals surface area contributed by atoms with Crippen molar-refractivity contribution in [2.24, 2.45) is 11.3 Å². The number of ether oxygens (including phenoxy) is 1. The molecule has 1 atom stereocenters. The van der Waals surface area contributed by atoms with Gasteiger partial charge in [0.1, 0.15) is 5.52 Å². The molecule has 25 heavy (non-hydrogen) atoms. The van der Waals surface area contributed by atoms with Crippen LogP contribution >= 0.6 is 0 Å². The monoisotopic (exact) mass is 347 g/mol. The molecule has 8 nitrogen and oxygen atoms in total. The van der Waals surface area contributed by atoms with Crippen LogP contribution in [0.2, 0.25) is 0 Å². The van der Waals surface area contributed by atoms with Gasteiger partial charge in [-0.25, -0.2) is 19.7 Å². The second kappa shape index (κ2) is 5.11. The van der Waals surface area contributed by atoms with Gasteiger partial charge in [0.15, 0.2) is 17.3 Å². The summed E-state index contributed by atoms with van der Waals surface area (Å²) in [7, 11) is 0. The van der Waals surface area contributed by atoms with E-state index in [1.54, 1.807) is 12.4 Å². The molecule has 3 heterocycles. The Balaban J connectivity index is 1.35. The molecule has 10 heteroatoms. The molecule has 2 aliphatic rings. The number of nitrogens with one attached hydrogen (secondary N) is 2. The third-order valence-corrected chi connectivity index (χ3v) is 5.02. The largest absolute Gasteiger partial charge is 0.417 e. The number of halogens is 2. The zero-order valence-corrected chi connectivity index (χ0v) is 13.1. The molecule has 2 fully saturated rings. The van der Waals surface area contributed by atoms with Crippen molar-refractivity contribution in [2.45, 2.75) is 32.4 Å². The lowest BCUT2D eigenvalue weighted by Crippen LogP contribution is -2.05. The van der Waals surface area contributed by atoms with Gasteiger partial charge in [0.25, 0.3) is 0 Å². The van der Waals surface area contributed by atoms with Crippen LogP contribution < -0.4 is 10.1 Å². The van der Waals surface area contributed by atoms with Gasteiger partial charge in [-0.3, -0.25) is 0 Å². The van der Waals surface area contributed by atoms with E-state index >= 15 is 0 Å². The van der Waals surface area contributed by atoms with Gasteiger partial charge in [-0.15, -0.1) is 0 Å². The molecule has 0 radical (unpaired) electrons. The second-order valence-corrected chi connectivity index (χ2v) is 6.68. The minimum atomic E-state index is -2.91. The molecule has 2 saturated carbocycles. The molecule has 3 aromatic rings. The molecule has 1 unspecified atom stereocenters. The Morgan fingerprint density at radius 1 is 1.36 bits per heavy atom. The van der Waals surface area contributed by atoms with E-state index < -0.39 is 6.61 Å². The van der Waals surface area contributed by atoms with Gasteiger partial charge in [0.2, 0.25) is 5.88 Å². The quantitative estimate of drug-likeness (QED) is 0.712. The van der Waals surface area contributed by atoms with Gasteiger partial charge >= 0.3 is 6.61 Å². The van der Waals surface area contributed by atoms with E-state index in [9.17, 15) is 8.78 Å². The Morgan fingerprint density at radius 2 is 2.24 bits per heavy atom. The lowest BCUT2D eigenvalue weighted by atomic mass is 10.3. The molecular formula is C15H15F2N7O. The highest BCUT2D eigenvalue weighted by molar-refractivity contribution is 5.72. The highest BCUT2D eigenvalue weighted by atomic mass is 19.3. The number of fused-ring (bicyclic) bond motifs is 1. The van der Waals surface area contributed by atoms with Crippen molar-refractivity contribution < 1.29 is 13.5 Å².